The Balaban J connectivity index is 1.17. The summed E-state index contributed by atoms with van der Waals surface area (Å²) in [5, 5.41) is 6.87. The second-order valence-corrected chi connectivity index (χ2v) is 12.8. The molecule has 2 nitrogen and oxygen atoms in total. The van der Waals surface area contributed by atoms with Crippen molar-refractivity contribution in [3.8, 4) is 22.3 Å². The molecule has 10 rings (SSSR count). The van der Waals surface area contributed by atoms with E-state index in [-0.39, 0.29) is 5.92 Å². The highest BCUT2D eigenvalue weighted by Gasteiger charge is 2.23. The Kier molecular flexibility index (Phi) is 6.28. The quantitative estimate of drug-likeness (QED) is 0.178. The Morgan fingerprint density at radius 3 is 1.73 bits per heavy atom. The largest absolute Gasteiger partial charge is 0.455 e. The Morgan fingerprint density at radius 2 is 0.918 bits per heavy atom. The van der Waals surface area contributed by atoms with E-state index in [4.69, 9.17) is 8.83 Å². The van der Waals surface area contributed by atoms with Gasteiger partial charge in [-0.1, -0.05) is 152 Å². The zero-order chi connectivity index (χ0) is 32.3. The van der Waals surface area contributed by atoms with Crippen LogP contribution in [0.1, 0.15) is 22.6 Å². The predicted octanol–water partition coefficient (Wildman–Crippen LogP) is 13.2. The van der Waals surface area contributed by atoms with Crippen LogP contribution in [0.25, 0.3) is 76.9 Å². The van der Waals surface area contributed by atoms with E-state index in [1.54, 1.807) is 0 Å². The molecule has 0 saturated heterocycles. The number of furan rings is 2. The van der Waals surface area contributed by atoms with Crippen molar-refractivity contribution in [2.75, 3.05) is 0 Å². The van der Waals surface area contributed by atoms with Crippen LogP contribution in [0.2, 0.25) is 0 Å². The summed E-state index contributed by atoms with van der Waals surface area (Å²) in [4.78, 5) is 0. The van der Waals surface area contributed by atoms with Gasteiger partial charge in [0.15, 0.2) is 0 Å². The van der Waals surface area contributed by atoms with Crippen LogP contribution < -0.4 is 0 Å². The van der Waals surface area contributed by atoms with Gasteiger partial charge in [-0.2, -0.15) is 0 Å². The average Bonchev–Trinajstić information content (AvgIpc) is 3.74. The molecule has 0 radical (unpaired) electrons. The first kappa shape index (κ1) is 27.7. The number of hydrogen-bond acceptors (Lipinski definition) is 2. The highest BCUT2D eigenvalue weighted by Crippen LogP contribution is 2.44. The molecule has 230 valence electrons. The van der Waals surface area contributed by atoms with Gasteiger partial charge >= 0.3 is 0 Å². The Bertz CT molecular complexity index is 2800. The lowest BCUT2D eigenvalue weighted by Crippen LogP contribution is -2.04. The van der Waals surface area contributed by atoms with E-state index in [1.165, 1.54) is 33.2 Å². The molecule has 0 aliphatic carbocycles. The fourth-order valence-corrected chi connectivity index (χ4v) is 7.70. The highest BCUT2D eigenvalue weighted by molar-refractivity contribution is 6.17. The van der Waals surface area contributed by atoms with Gasteiger partial charge in [0, 0.05) is 38.4 Å². The molecular weight excluding hydrogens is 597 g/mol. The van der Waals surface area contributed by atoms with Gasteiger partial charge in [-0.15, -0.1) is 0 Å². The van der Waals surface area contributed by atoms with Gasteiger partial charge in [0.2, 0.25) is 0 Å². The summed E-state index contributed by atoms with van der Waals surface area (Å²) in [6, 6.07) is 62.8. The van der Waals surface area contributed by atoms with Crippen molar-refractivity contribution in [2.24, 2.45) is 0 Å². The van der Waals surface area contributed by atoms with Crippen molar-refractivity contribution in [1.29, 1.82) is 0 Å². The van der Waals surface area contributed by atoms with Crippen LogP contribution in [0.3, 0.4) is 0 Å². The zero-order valence-electron chi connectivity index (χ0n) is 26.6. The van der Waals surface area contributed by atoms with E-state index in [1.807, 2.05) is 12.1 Å². The van der Waals surface area contributed by atoms with Gasteiger partial charge in [0.25, 0.3) is 0 Å². The summed E-state index contributed by atoms with van der Waals surface area (Å²) in [6.07, 6.45) is 0. The summed E-state index contributed by atoms with van der Waals surface area (Å²) in [7, 11) is 0. The van der Waals surface area contributed by atoms with Gasteiger partial charge in [0.05, 0.1) is 0 Å². The predicted molar refractivity (Wildman–Crippen MR) is 203 cm³/mol. The molecule has 10 aromatic rings. The lowest BCUT2D eigenvalue weighted by atomic mass is 9.81. The van der Waals surface area contributed by atoms with Gasteiger partial charge < -0.3 is 8.83 Å². The SMILES string of the molecule is c1ccc(-c2ccc3oc4c5ccccc5c(C(c5ccccc5)c5ccc(-c6cccc7c6oc6ccccc67)cc5)cc4c3c2)cc1. The van der Waals surface area contributed by atoms with Crippen LogP contribution in [0.5, 0.6) is 0 Å². The second-order valence-electron chi connectivity index (χ2n) is 12.8. The topological polar surface area (TPSA) is 26.3 Å². The van der Waals surface area contributed by atoms with Crippen LogP contribution in [-0.4, -0.2) is 0 Å². The van der Waals surface area contributed by atoms with E-state index < -0.39 is 0 Å². The standard InChI is InChI=1S/C47H30O2/c1-3-12-30(13-4-1)34-26-27-44-40(28-34)42-29-41(36-16-7-8-18-38(36)47(42)49-44)45(32-14-5-2-6-15-32)33-24-22-31(23-25-33)35-19-11-20-39-37-17-9-10-21-43(37)48-46(35)39/h1-29,45H. The molecule has 8 aromatic carbocycles. The van der Waals surface area contributed by atoms with Crippen LogP contribution in [0.15, 0.2) is 185 Å². The third-order valence-corrected chi connectivity index (χ3v) is 10.0. The molecule has 1 unspecified atom stereocenters. The van der Waals surface area contributed by atoms with Crippen LogP contribution in [-0.2, 0) is 0 Å². The molecule has 0 fully saturated rings. The molecule has 0 saturated carbocycles. The van der Waals surface area contributed by atoms with Crippen molar-refractivity contribution in [3.63, 3.8) is 0 Å². The molecule has 2 aromatic heterocycles. The molecule has 2 heterocycles. The van der Waals surface area contributed by atoms with Crippen molar-refractivity contribution in [1.82, 2.24) is 0 Å². The van der Waals surface area contributed by atoms with Crippen molar-refractivity contribution < 1.29 is 8.83 Å². The van der Waals surface area contributed by atoms with Crippen molar-refractivity contribution >= 4 is 54.6 Å². The summed E-state index contributed by atoms with van der Waals surface area (Å²) >= 11 is 0. The minimum atomic E-state index is 0.00815. The molecular formula is C47H30O2. The first-order valence-corrected chi connectivity index (χ1v) is 16.8. The van der Waals surface area contributed by atoms with Crippen molar-refractivity contribution in [2.45, 2.75) is 5.92 Å². The van der Waals surface area contributed by atoms with E-state index in [9.17, 15) is 0 Å². The zero-order valence-corrected chi connectivity index (χ0v) is 26.6. The van der Waals surface area contributed by atoms with E-state index in [0.717, 1.165) is 60.4 Å². The second kappa shape index (κ2) is 11.1. The number of rotatable bonds is 5. The minimum absolute atomic E-state index is 0.00815. The Hall–Kier alpha value is -6.38. The third kappa shape index (κ3) is 4.49. The van der Waals surface area contributed by atoms with Crippen LogP contribution in [0, 0.1) is 0 Å². The number of hydrogen-bond donors (Lipinski definition) is 0. The van der Waals surface area contributed by atoms with Crippen LogP contribution in [0.4, 0.5) is 0 Å². The maximum Gasteiger partial charge on any atom is 0.143 e. The maximum absolute atomic E-state index is 6.62. The molecule has 0 aliphatic rings. The summed E-state index contributed by atoms with van der Waals surface area (Å²) < 4.78 is 13.0. The lowest BCUT2D eigenvalue weighted by molar-refractivity contribution is 0.670. The first-order chi connectivity index (χ1) is 24.3. The summed E-state index contributed by atoms with van der Waals surface area (Å²) in [5.41, 5.74) is 12.0. The minimum Gasteiger partial charge on any atom is -0.455 e. The van der Waals surface area contributed by atoms with E-state index in [2.05, 4.69) is 164 Å². The van der Waals surface area contributed by atoms with Crippen molar-refractivity contribution in [3.05, 3.63) is 193 Å². The number of benzene rings is 8. The Labute approximate surface area is 283 Å². The maximum atomic E-state index is 6.62. The fourth-order valence-electron chi connectivity index (χ4n) is 7.70. The normalized spacial score (nSPS) is 12.4. The number of fused-ring (bicyclic) bond motifs is 8. The third-order valence-electron chi connectivity index (χ3n) is 10.0. The van der Waals surface area contributed by atoms with E-state index in [0.29, 0.717) is 0 Å². The lowest BCUT2D eigenvalue weighted by Gasteiger charge is -2.21. The monoisotopic (exact) mass is 626 g/mol. The first-order valence-electron chi connectivity index (χ1n) is 16.8. The number of para-hydroxylation sites is 2. The van der Waals surface area contributed by atoms with Gasteiger partial charge in [-0.05, 0) is 63.0 Å². The molecule has 49 heavy (non-hydrogen) atoms. The smallest absolute Gasteiger partial charge is 0.143 e. The molecule has 0 spiro atoms. The molecule has 0 amide bonds. The highest BCUT2D eigenvalue weighted by atomic mass is 16.3. The fraction of sp³-hybridized carbons (Fsp3) is 0.0213. The van der Waals surface area contributed by atoms with Gasteiger partial charge in [-0.3, -0.25) is 0 Å². The summed E-state index contributed by atoms with van der Waals surface area (Å²) in [5.74, 6) is 0.00815. The molecule has 1 atom stereocenters. The molecule has 0 N–H and O–H groups in total. The Morgan fingerprint density at radius 1 is 0.327 bits per heavy atom. The summed E-state index contributed by atoms with van der Waals surface area (Å²) in [6.45, 7) is 0. The van der Waals surface area contributed by atoms with Crippen LogP contribution >= 0.6 is 0 Å². The van der Waals surface area contributed by atoms with Gasteiger partial charge in [0.1, 0.15) is 22.3 Å². The molecule has 2 heteroatoms. The van der Waals surface area contributed by atoms with E-state index >= 15 is 0 Å². The molecule has 0 bridgehead atoms. The molecule has 0 aliphatic heterocycles. The van der Waals surface area contributed by atoms with Gasteiger partial charge in [-0.25, -0.2) is 0 Å². The average molecular weight is 627 g/mol.